The van der Waals surface area contributed by atoms with E-state index in [1.54, 1.807) is 0 Å². The highest BCUT2D eigenvalue weighted by Gasteiger charge is 2.09. The van der Waals surface area contributed by atoms with Gasteiger partial charge in [0.1, 0.15) is 0 Å². The zero-order chi connectivity index (χ0) is 12.3. The molecule has 17 heavy (non-hydrogen) atoms. The van der Waals surface area contributed by atoms with Crippen molar-refractivity contribution in [3.63, 3.8) is 0 Å². The minimum Gasteiger partial charge on any atom is -0.377 e. The number of para-hydroxylation sites is 1. The van der Waals surface area contributed by atoms with Crippen molar-refractivity contribution in [3.05, 3.63) is 64.1 Å². The van der Waals surface area contributed by atoms with Gasteiger partial charge in [-0.25, -0.2) is 0 Å². The predicted octanol–water partition coefficient (Wildman–Crippen LogP) is 5.17. The molecule has 0 aliphatic heterocycles. The largest absolute Gasteiger partial charge is 0.377 e. The Morgan fingerprint density at radius 1 is 0.882 bits per heavy atom. The van der Waals surface area contributed by atoms with E-state index in [1.807, 2.05) is 48.5 Å². The number of halogens is 2. The Hall–Kier alpha value is -1.18. The molecule has 0 amide bonds. The topological polar surface area (TPSA) is 12.0 Å². The third-order valence-electron chi connectivity index (χ3n) is 2.62. The van der Waals surface area contributed by atoms with Gasteiger partial charge in [-0.2, -0.15) is 0 Å². The maximum absolute atomic E-state index is 6.15. The van der Waals surface area contributed by atoms with E-state index in [0.717, 1.165) is 16.3 Å². The molecule has 0 radical (unpaired) electrons. The molecule has 2 aromatic rings. The first-order valence-electron chi connectivity index (χ1n) is 5.44. The summed E-state index contributed by atoms with van der Waals surface area (Å²) in [7, 11) is 0. The lowest BCUT2D eigenvalue weighted by Gasteiger charge is -2.17. The van der Waals surface area contributed by atoms with E-state index >= 15 is 0 Å². The first kappa shape index (κ1) is 12.3. The van der Waals surface area contributed by atoms with Crippen LogP contribution in [-0.4, -0.2) is 0 Å². The van der Waals surface area contributed by atoms with Crippen LogP contribution in [0.4, 0.5) is 5.69 Å². The van der Waals surface area contributed by atoms with E-state index in [1.165, 1.54) is 0 Å². The summed E-state index contributed by atoms with van der Waals surface area (Å²) in [4.78, 5) is 0. The molecule has 2 aromatic carbocycles. The third kappa shape index (κ3) is 2.93. The van der Waals surface area contributed by atoms with Crippen LogP contribution in [0, 0.1) is 0 Å². The number of hydrogen-bond donors (Lipinski definition) is 1. The summed E-state index contributed by atoms with van der Waals surface area (Å²) in [5.74, 6) is 0. The molecule has 0 fully saturated rings. The molecule has 1 N–H and O–H groups in total. The van der Waals surface area contributed by atoms with Gasteiger partial charge in [0.2, 0.25) is 0 Å². The average Bonchev–Trinajstić information content (AvgIpc) is 2.32. The van der Waals surface area contributed by atoms with Crippen LogP contribution in [-0.2, 0) is 0 Å². The van der Waals surface area contributed by atoms with Gasteiger partial charge < -0.3 is 5.32 Å². The Morgan fingerprint density at radius 3 is 2.12 bits per heavy atom. The van der Waals surface area contributed by atoms with Crippen LogP contribution in [0.2, 0.25) is 10.0 Å². The molecule has 0 aliphatic rings. The standard InChI is InChI=1S/C14H13Cl2N/c1-10(11-6-2-3-7-12(11)15)17-14-9-5-4-8-13(14)16/h2-10,17H,1H3. The second-order valence-electron chi connectivity index (χ2n) is 3.87. The average molecular weight is 266 g/mol. The Morgan fingerprint density at radius 2 is 1.47 bits per heavy atom. The smallest absolute Gasteiger partial charge is 0.0637 e. The van der Waals surface area contributed by atoms with Crippen molar-refractivity contribution in [2.45, 2.75) is 13.0 Å². The minimum absolute atomic E-state index is 0.114. The zero-order valence-electron chi connectivity index (χ0n) is 9.45. The molecule has 1 atom stereocenters. The van der Waals surface area contributed by atoms with Crippen LogP contribution in [0.3, 0.4) is 0 Å². The molecule has 0 aromatic heterocycles. The SMILES string of the molecule is CC(Nc1ccccc1Cl)c1ccccc1Cl. The zero-order valence-corrected chi connectivity index (χ0v) is 11.0. The molecular weight excluding hydrogens is 253 g/mol. The third-order valence-corrected chi connectivity index (χ3v) is 3.29. The predicted molar refractivity (Wildman–Crippen MR) is 74.9 cm³/mol. The normalized spacial score (nSPS) is 12.2. The molecule has 0 aliphatic carbocycles. The number of hydrogen-bond acceptors (Lipinski definition) is 1. The fourth-order valence-electron chi connectivity index (χ4n) is 1.72. The van der Waals surface area contributed by atoms with E-state index in [-0.39, 0.29) is 6.04 Å². The summed E-state index contributed by atoms with van der Waals surface area (Å²) in [6.45, 7) is 2.06. The number of benzene rings is 2. The molecule has 3 heteroatoms. The summed E-state index contributed by atoms with van der Waals surface area (Å²) in [6, 6.07) is 15.6. The lowest BCUT2D eigenvalue weighted by molar-refractivity contribution is 0.885. The van der Waals surface area contributed by atoms with E-state index in [9.17, 15) is 0 Å². The maximum Gasteiger partial charge on any atom is 0.0637 e. The van der Waals surface area contributed by atoms with E-state index < -0.39 is 0 Å². The van der Waals surface area contributed by atoms with Crippen LogP contribution in [0.5, 0.6) is 0 Å². The van der Waals surface area contributed by atoms with E-state index in [0.29, 0.717) is 5.02 Å². The first-order chi connectivity index (χ1) is 8.18. The van der Waals surface area contributed by atoms with Gasteiger partial charge in [0.15, 0.2) is 0 Å². The molecule has 88 valence electrons. The van der Waals surface area contributed by atoms with Gasteiger partial charge in [-0.1, -0.05) is 53.5 Å². The summed E-state index contributed by atoms with van der Waals surface area (Å²) in [6.07, 6.45) is 0. The lowest BCUT2D eigenvalue weighted by atomic mass is 10.1. The second kappa shape index (κ2) is 5.44. The van der Waals surface area contributed by atoms with Crippen molar-refractivity contribution in [3.8, 4) is 0 Å². The molecule has 0 heterocycles. The van der Waals surface area contributed by atoms with Gasteiger partial charge in [0, 0.05) is 5.02 Å². The summed E-state index contributed by atoms with van der Waals surface area (Å²) in [5.41, 5.74) is 1.98. The summed E-state index contributed by atoms with van der Waals surface area (Å²) < 4.78 is 0. The van der Waals surface area contributed by atoms with E-state index in [4.69, 9.17) is 23.2 Å². The molecule has 0 spiro atoms. The number of nitrogens with one attached hydrogen (secondary N) is 1. The molecule has 0 bridgehead atoms. The van der Waals surface area contributed by atoms with Crippen molar-refractivity contribution in [1.29, 1.82) is 0 Å². The monoisotopic (exact) mass is 265 g/mol. The van der Waals surface area contributed by atoms with Gasteiger partial charge in [0.05, 0.1) is 16.8 Å². The Labute approximate surface area is 111 Å². The quantitative estimate of drug-likeness (QED) is 0.808. The summed E-state index contributed by atoms with van der Waals surface area (Å²) >= 11 is 12.3. The van der Waals surface area contributed by atoms with Crippen molar-refractivity contribution in [2.24, 2.45) is 0 Å². The molecule has 1 unspecified atom stereocenters. The second-order valence-corrected chi connectivity index (χ2v) is 4.68. The molecule has 0 saturated heterocycles. The van der Waals surface area contributed by atoms with Crippen molar-refractivity contribution < 1.29 is 0 Å². The van der Waals surface area contributed by atoms with Crippen LogP contribution < -0.4 is 5.32 Å². The fraction of sp³-hybridized carbons (Fsp3) is 0.143. The first-order valence-corrected chi connectivity index (χ1v) is 6.19. The number of anilines is 1. The van der Waals surface area contributed by atoms with Crippen molar-refractivity contribution in [1.82, 2.24) is 0 Å². The molecule has 1 nitrogen and oxygen atoms in total. The Bertz CT molecular complexity index is 511. The van der Waals surface area contributed by atoms with Crippen molar-refractivity contribution >= 4 is 28.9 Å². The molecular formula is C14H13Cl2N. The highest BCUT2D eigenvalue weighted by molar-refractivity contribution is 6.33. The van der Waals surface area contributed by atoms with Crippen LogP contribution in [0.15, 0.2) is 48.5 Å². The Balaban J connectivity index is 2.20. The molecule has 0 saturated carbocycles. The highest BCUT2D eigenvalue weighted by Crippen LogP contribution is 2.28. The van der Waals surface area contributed by atoms with Crippen molar-refractivity contribution in [2.75, 3.05) is 5.32 Å². The number of rotatable bonds is 3. The van der Waals surface area contributed by atoms with Gasteiger partial charge in [-0.3, -0.25) is 0 Å². The van der Waals surface area contributed by atoms with Crippen LogP contribution in [0.25, 0.3) is 0 Å². The van der Waals surface area contributed by atoms with Crippen LogP contribution >= 0.6 is 23.2 Å². The minimum atomic E-state index is 0.114. The van der Waals surface area contributed by atoms with Crippen LogP contribution in [0.1, 0.15) is 18.5 Å². The Kier molecular flexibility index (Phi) is 3.93. The highest BCUT2D eigenvalue weighted by atomic mass is 35.5. The van der Waals surface area contributed by atoms with Gasteiger partial charge in [-0.05, 0) is 30.7 Å². The van der Waals surface area contributed by atoms with Gasteiger partial charge in [0.25, 0.3) is 0 Å². The maximum atomic E-state index is 6.15. The lowest BCUT2D eigenvalue weighted by Crippen LogP contribution is -2.07. The summed E-state index contributed by atoms with van der Waals surface area (Å²) in [5, 5.41) is 4.83. The van der Waals surface area contributed by atoms with E-state index in [2.05, 4.69) is 12.2 Å². The van der Waals surface area contributed by atoms with Gasteiger partial charge in [-0.15, -0.1) is 0 Å². The van der Waals surface area contributed by atoms with Gasteiger partial charge >= 0.3 is 0 Å². The fourth-order valence-corrected chi connectivity index (χ4v) is 2.21. The molecule has 2 rings (SSSR count).